The lowest BCUT2D eigenvalue weighted by Crippen LogP contribution is -2.54. The van der Waals surface area contributed by atoms with Gasteiger partial charge in [0, 0.05) is 58.0 Å². The number of rotatable bonds is 11. The molecule has 2 heterocycles. The Labute approximate surface area is 249 Å². The topological polar surface area (TPSA) is 132 Å². The standard InChI is InChI=1S/C31H47N7O4/c1-4-27(39)34-25(31(42)38-19-17-36(2)18-20-38)21-22-11-13-24(14-12-22)33-30(41)28(23-9-7-5-6-8-10-23)35-29(40)26-15-16-32-37(26)3/h11-16,23,25,28-29,35,40H,4-10,17-21H2,1-3H3,(H,33,41)(H,34,39)/t25-,28+,29?/m1/s1. The molecule has 1 saturated carbocycles. The molecule has 2 fully saturated rings. The average Bonchev–Trinajstić information content (AvgIpc) is 3.24. The lowest BCUT2D eigenvalue weighted by Gasteiger charge is -2.34. The van der Waals surface area contributed by atoms with Gasteiger partial charge < -0.3 is 25.5 Å². The quantitative estimate of drug-likeness (QED) is 0.236. The summed E-state index contributed by atoms with van der Waals surface area (Å²) in [6, 6.07) is 7.96. The van der Waals surface area contributed by atoms with Crippen LogP contribution in [-0.4, -0.2) is 87.7 Å². The van der Waals surface area contributed by atoms with Gasteiger partial charge in [-0.15, -0.1) is 0 Å². The van der Waals surface area contributed by atoms with Gasteiger partial charge in [-0.25, -0.2) is 0 Å². The molecule has 1 aliphatic carbocycles. The molecule has 230 valence electrons. The predicted molar refractivity (Wildman–Crippen MR) is 161 cm³/mol. The van der Waals surface area contributed by atoms with Crippen LogP contribution < -0.4 is 16.0 Å². The summed E-state index contributed by atoms with van der Waals surface area (Å²) in [5, 5.41) is 24.2. The van der Waals surface area contributed by atoms with Gasteiger partial charge >= 0.3 is 0 Å². The van der Waals surface area contributed by atoms with Gasteiger partial charge in [-0.3, -0.25) is 24.4 Å². The molecular weight excluding hydrogens is 534 g/mol. The van der Waals surface area contributed by atoms with E-state index in [2.05, 4.69) is 25.9 Å². The summed E-state index contributed by atoms with van der Waals surface area (Å²) in [7, 11) is 3.80. The van der Waals surface area contributed by atoms with E-state index in [1.165, 1.54) is 0 Å². The molecule has 1 saturated heterocycles. The van der Waals surface area contributed by atoms with Crippen LogP contribution in [0.4, 0.5) is 5.69 Å². The van der Waals surface area contributed by atoms with Crippen molar-refractivity contribution in [2.45, 2.75) is 76.6 Å². The predicted octanol–water partition coefficient (Wildman–Crippen LogP) is 2.19. The first-order valence-electron chi connectivity index (χ1n) is 15.3. The maximum absolute atomic E-state index is 13.6. The Balaban J connectivity index is 1.43. The molecule has 1 unspecified atom stereocenters. The van der Waals surface area contributed by atoms with Crippen LogP contribution in [0.2, 0.25) is 0 Å². The Kier molecular flexibility index (Phi) is 11.5. The Bertz CT molecular complexity index is 1170. The van der Waals surface area contributed by atoms with Crippen molar-refractivity contribution in [2.75, 3.05) is 38.5 Å². The number of aliphatic hydroxyl groups excluding tert-OH is 1. The zero-order valence-electron chi connectivity index (χ0n) is 25.2. The van der Waals surface area contributed by atoms with E-state index in [1.54, 1.807) is 30.9 Å². The third-order valence-corrected chi connectivity index (χ3v) is 8.56. The number of hydrogen-bond acceptors (Lipinski definition) is 7. The first-order valence-corrected chi connectivity index (χ1v) is 15.3. The van der Waals surface area contributed by atoms with Crippen molar-refractivity contribution in [1.82, 2.24) is 30.2 Å². The smallest absolute Gasteiger partial charge is 0.245 e. The molecule has 4 rings (SSSR count). The number of aromatic nitrogens is 2. The number of aliphatic hydroxyl groups is 1. The van der Waals surface area contributed by atoms with Crippen LogP contribution in [0.3, 0.4) is 0 Å². The lowest BCUT2D eigenvalue weighted by atomic mass is 9.90. The van der Waals surface area contributed by atoms with Gasteiger partial charge in [0.25, 0.3) is 0 Å². The molecule has 0 bridgehead atoms. The number of carbonyl (C=O) groups is 3. The van der Waals surface area contributed by atoms with Crippen LogP contribution in [0, 0.1) is 5.92 Å². The Morgan fingerprint density at radius 1 is 0.976 bits per heavy atom. The number of anilines is 1. The maximum atomic E-state index is 13.6. The van der Waals surface area contributed by atoms with Crippen molar-refractivity contribution in [2.24, 2.45) is 13.0 Å². The van der Waals surface area contributed by atoms with E-state index < -0.39 is 18.3 Å². The zero-order chi connectivity index (χ0) is 30.1. The molecule has 2 aliphatic rings. The second kappa shape index (κ2) is 15.3. The molecule has 11 heteroatoms. The minimum absolute atomic E-state index is 0.0634. The van der Waals surface area contributed by atoms with Crippen LogP contribution in [-0.2, 0) is 27.9 Å². The van der Waals surface area contributed by atoms with Gasteiger partial charge in [-0.1, -0.05) is 44.7 Å². The molecule has 4 N–H and O–H groups in total. The molecule has 1 aromatic carbocycles. The van der Waals surface area contributed by atoms with Crippen LogP contribution in [0.25, 0.3) is 0 Å². The van der Waals surface area contributed by atoms with E-state index >= 15 is 0 Å². The van der Waals surface area contributed by atoms with Crippen molar-refractivity contribution < 1.29 is 19.5 Å². The molecule has 0 spiro atoms. The number of amides is 3. The SMILES string of the molecule is CCC(=O)N[C@H](Cc1ccc(NC(=O)[C@@H](NC(O)c2ccnn2C)C2CCCCCC2)cc1)C(=O)N1CCN(C)CC1. The number of benzene rings is 1. The molecule has 11 nitrogen and oxygen atoms in total. The van der Waals surface area contributed by atoms with E-state index in [-0.39, 0.29) is 23.6 Å². The van der Waals surface area contributed by atoms with Gasteiger partial charge in [-0.2, -0.15) is 5.10 Å². The number of aryl methyl sites for hydroxylation is 1. The monoisotopic (exact) mass is 581 g/mol. The van der Waals surface area contributed by atoms with Crippen molar-refractivity contribution in [1.29, 1.82) is 0 Å². The fraction of sp³-hybridized carbons (Fsp3) is 0.613. The Morgan fingerprint density at radius 2 is 1.64 bits per heavy atom. The third-order valence-electron chi connectivity index (χ3n) is 8.56. The number of carbonyl (C=O) groups excluding carboxylic acids is 3. The number of piperazine rings is 1. The molecule has 2 aromatic rings. The van der Waals surface area contributed by atoms with Gasteiger partial charge in [0.15, 0.2) is 0 Å². The second-order valence-corrected chi connectivity index (χ2v) is 11.7. The largest absolute Gasteiger partial charge is 0.373 e. The summed E-state index contributed by atoms with van der Waals surface area (Å²) in [6.45, 7) is 4.68. The second-order valence-electron chi connectivity index (χ2n) is 11.7. The zero-order valence-corrected chi connectivity index (χ0v) is 25.2. The van der Waals surface area contributed by atoms with Crippen LogP contribution >= 0.6 is 0 Å². The van der Waals surface area contributed by atoms with Crippen molar-refractivity contribution in [3.8, 4) is 0 Å². The van der Waals surface area contributed by atoms with Crippen LogP contribution in [0.1, 0.15) is 69.4 Å². The van der Waals surface area contributed by atoms with Crippen LogP contribution in [0.5, 0.6) is 0 Å². The van der Waals surface area contributed by atoms with E-state index in [0.717, 1.165) is 57.2 Å². The molecule has 1 aromatic heterocycles. The number of nitrogens with one attached hydrogen (secondary N) is 3. The first-order chi connectivity index (χ1) is 20.2. The molecule has 0 radical (unpaired) electrons. The summed E-state index contributed by atoms with van der Waals surface area (Å²) in [5.41, 5.74) is 2.13. The van der Waals surface area contributed by atoms with Gasteiger partial charge in [0.05, 0.1) is 11.7 Å². The van der Waals surface area contributed by atoms with Gasteiger partial charge in [0.1, 0.15) is 12.3 Å². The number of likely N-dealkylation sites (N-methyl/N-ethyl adjacent to an activating group) is 1. The highest BCUT2D eigenvalue weighted by Crippen LogP contribution is 2.28. The Morgan fingerprint density at radius 3 is 2.24 bits per heavy atom. The molecule has 1 aliphatic heterocycles. The van der Waals surface area contributed by atoms with Crippen molar-refractivity contribution >= 4 is 23.4 Å². The summed E-state index contributed by atoms with van der Waals surface area (Å²) in [4.78, 5) is 43.2. The minimum Gasteiger partial charge on any atom is -0.373 e. The highest BCUT2D eigenvalue weighted by molar-refractivity contribution is 5.95. The molecule has 3 amide bonds. The highest BCUT2D eigenvalue weighted by atomic mass is 16.3. The normalized spacial score (nSPS) is 19.0. The van der Waals surface area contributed by atoms with Gasteiger partial charge in [-0.05, 0) is 49.6 Å². The van der Waals surface area contributed by atoms with Gasteiger partial charge in [0.2, 0.25) is 17.7 Å². The summed E-state index contributed by atoms with van der Waals surface area (Å²) in [5.74, 6) is -0.296. The summed E-state index contributed by atoms with van der Waals surface area (Å²) in [6.07, 6.45) is 7.58. The maximum Gasteiger partial charge on any atom is 0.245 e. The highest BCUT2D eigenvalue weighted by Gasteiger charge is 2.32. The third kappa shape index (κ3) is 8.62. The fourth-order valence-electron chi connectivity index (χ4n) is 5.90. The minimum atomic E-state index is -1.02. The first kappa shape index (κ1) is 31.7. The van der Waals surface area contributed by atoms with E-state index in [9.17, 15) is 19.5 Å². The molecule has 3 atom stereocenters. The van der Waals surface area contributed by atoms with E-state index in [1.807, 2.05) is 36.2 Å². The van der Waals surface area contributed by atoms with Crippen molar-refractivity contribution in [3.63, 3.8) is 0 Å². The van der Waals surface area contributed by atoms with E-state index in [0.29, 0.717) is 37.3 Å². The molecule has 42 heavy (non-hydrogen) atoms. The number of hydrogen-bond donors (Lipinski definition) is 4. The van der Waals surface area contributed by atoms with Crippen LogP contribution in [0.15, 0.2) is 36.5 Å². The Hall–Kier alpha value is -3.28. The lowest BCUT2D eigenvalue weighted by molar-refractivity contribution is -0.137. The van der Waals surface area contributed by atoms with Crippen molar-refractivity contribution in [3.05, 3.63) is 47.8 Å². The fourth-order valence-corrected chi connectivity index (χ4v) is 5.90. The summed E-state index contributed by atoms with van der Waals surface area (Å²) < 4.78 is 1.60. The summed E-state index contributed by atoms with van der Waals surface area (Å²) >= 11 is 0. The number of nitrogens with zero attached hydrogens (tertiary/aromatic N) is 4. The molecular formula is C31H47N7O4. The van der Waals surface area contributed by atoms with E-state index in [4.69, 9.17) is 0 Å². The average molecular weight is 582 g/mol.